The zero-order valence-corrected chi connectivity index (χ0v) is 19.1. The fraction of sp³-hybridized carbons (Fsp3) is 0.333. The van der Waals surface area contributed by atoms with E-state index in [2.05, 4.69) is 75.9 Å². The third kappa shape index (κ3) is 4.37. The second kappa shape index (κ2) is 8.56. The molecule has 0 saturated carbocycles. The fourth-order valence-corrected chi connectivity index (χ4v) is 4.66. The van der Waals surface area contributed by atoms with Gasteiger partial charge in [0, 0.05) is 20.1 Å². The summed E-state index contributed by atoms with van der Waals surface area (Å²) in [5.74, 6) is 1.84. The van der Waals surface area contributed by atoms with Crippen molar-refractivity contribution in [1.82, 2.24) is 0 Å². The minimum atomic E-state index is 0.0427. The van der Waals surface area contributed by atoms with Crippen LogP contribution < -0.4 is 9.47 Å². The van der Waals surface area contributed by atoms with E-state index >= 15 is 0 Å². The van der Waals surface area contributed by atoms with Gasteiger partial charge in [0.15, 0.2) is 0 Å². The summed E-state index contributed by atoms with van der Waals surface area (Å²) in [5, 5.41) is 0. The van der Waals surface area contributed by atoms with Crippen molar-refractivity contribution < 1.29 is 9.47 Å². The first-order chi connectivity index (χ1) is 11.6. The first-order valence-electron chi connectivity index (χ1n) is 7.69. The Morgan fingerprint density at radius 2 is 1.12 bits per heavy atom. The number of fused-ring (bicyclic) bond motifs is 2. The molecule has 0 fully saturated rings. The number of benzene rings is 2. The Balaban J connectivity index is 2.05. The summed E-state index contributed by atoms with van der Waals surface area (Å²) in [6.07, 6.45) is 1.93. The Bertz CT molecular complexity index is 659. The van der Waals surface area contributed by atoms with Gasteiger partial charge in [-0.1, -0.05) is 63.7 Å². The predicted molar refractivity (Wildman–Crippen MR) is 112 cm³/mol. The molecule has 0 radical (unpaired) electrons. The molecule has 3 rings (SSSR count). The van der Waals surface area contributed by atoms with Crippen molar-refractivity contribution in [2.24, 2.45) is 0 Å². The van der Waals surface area contributed by atoms with Gasteiger partial charge in [0.2, 0.25) is 0 Å². The van der Waals surface area contributed by atoms with E-state index in [1.54, 1.807) is 0 Å². The summed E-state index contributed by atoms with van der Waals surface area (Å²) in [4.78, 5) is 0.0853. The van der Waals surface area contributed by atoms with Crippen LogP contribution in [0.4, 0.5) is 0 Å². The van der Waals surface area contributed by atoms with Crippen molar-refractivity contribution in [2.45, 2.75) is 22.5 Å². The van der Waals surface area contributed by atoms with Crippen LogP contribution in [0.1, 0.15) is 33.6 Å². The lowest BCUT2D eigenvalue weighted by Crippen LogP contribution is -2.10. The summed E-state index contributed by atoms with van der Waals surface area (Å²) in [6.45, 7) is 1.38. The van der Waals surface area contributed by atoms with E-state index in [-0.39, 0.29) is 9.65 Å². The third-order valence-electron chi connectivity index (χ3n) is 3.85. The maximum Gasteiger partial charge on any atom is 0.123 e. The standard InChI is InChI=1S/C18H16Br4O2/c19-11-3-5-15-13(9-11)17(21)18(22)14-10-12(20)4-6-16(14)24-8-2-1-7-23-15/h3-6,9-10,17-18H,1-2,7-8H2. The molecule has 1 aliphatic heterocycles. The maximum atomic E-state index is 6.01. The van der Waals surface area contributed by atoms with Crippen molar-refractivity contribution in [1.29, 1.82) is 0 Å². The van der Waals surface area contributed by atoms with Crippen molar-refractivity contribution in [3.8, 4) is 11.5 Å². The van der Waals surface area contributed by atoms with Crippen LogP contribution >= 0.6 is 63.7 Å². The number of hydrogen-bond donors (Lipinski definition) is 0. The normalized spacial score (nSPS) is 21.3. The molecule has 2 unspecified atom stereocenters. The molecule has 2 aromatic rings. The van der Waals surface area contributed by atoms with Crippen LogP contribution in [-0.2, 0) is 0 Å². The highest BCUT2D eigenvalue weighted by atomic mass is 79.9. The van der Waals surface area contributed by atoms with Gasteiger partial charge in [-0.25, -0.2) is 0 Å². The zero-order chi connectivity index (χ0) is 17.1. The highest BCUT2D eigenvalue weighted by Crippen LogP contribution is 2.49. The van der Waals surface area contributed by atoms with E-state index in [1.165, 1.54) is 0 Å². The molecule has 0 N–H and O–H groups in total. The van der Waals surface area contributed by atoms with Crippen LogP contribution in [0.2, 0.25) is 0 Å². The number of halogens is 4. The summed E-state index contributed by atoms with van der Waals surface area (Å²) < 4.78 is 14.1. The van der Waals surface area contributed by atoms with Gasteiger partial charge in [-0.15, -0.1) is 0 Å². The molecule has 2 aromatic carbocycles. The van der Waals surface area contributed by atoms with E-state index in [0.717, 1.165) is 44.4 Å². The van der Waals surface area contributed by atoms with Crippen molar-refractivity contribution in [3.63, 3.8) is 0 Å². The van der Waals surface area contributed by atoms with Crippen molar-refractivity contribution in [2.75, 3.05) is 13.2 Å². The molecule has 0 bridgehead atoms. The Morgan fingerprint density at radius 3 is 1.54 bits per heavy atom. The van der Waals surface area contributed by atoms with E-state index in [1.807, 2.05) is 24.3 Å². The average molecular weight is 584 g/mol. The monoisotopic (exact) mass is 580 g/mol. The van der Waals surface area contributed by atoms with Crippen molar-refractivity contribution in [3.05, 3.63) is 56.5 Å². The minimum absolute atomic E-state index is 0.0427. The molecule has 0 aromatic heterocycles. The first-order valence-corrected chi connectivity index (χ1v) is 11.1. The molecule has 0 spiro atoms. The van der Waals surface area contributed by atoms with Crippen LogP contribution in [-0.4, -0.2) is 13.2 Å². The highest BCUT2D eigenvalue weighted by molar-refractivity contribution is 9.12. The molecule has 24 heavy (non-hydrogen) atoms. The summed E-state index contributed by atoms with van der Waals surface area (Å²) in [6, 6.07) is 12.3. The van der Waals surface area contributed by atoms with Gasteiger partial charge in [0.1, 0.15) is 11.5 Å². The van der Waals surface area contributed by atoms with E-state index in [4.69, 9.17) is 9.47 Å². The summed E-state index contributed by atoms with van der Waals surface area (Å²) >= 11 is 14.8. The molecule has 0 saturated heterocycles. The van der Waals surface area contributed by atoms with Gasteiger partial charge in [-0.05, 0) is 49.2 Å². The molecule has 1 heterocycles. The van der Waals surface area contributed by atoms with Gasteiger partial charge >= 0.3 is 0 Å². The SMILES string of the molecule is Brc1ccc2c(c1)C(Br)C(Br)c1cc(Br)ccc1OCCCCO2. The average Bonchev–Trinajstić information content (AvgIpc) is 2.57. The number of hydrogen-bond acceptors (Lipinski definition) is 2. The van der Waals surface area contributed by atoms with Gasteiger partial charge in [-0.3, -0.25) is 0 Å². The van der Waals surface area contributed by atoms with Crippen LogP contribution in [0.5, 0.6) is 11.5 Å². The van der Waals surface area contributed by atoms with E-state index in [9.17, 15) is 0 Å². The summed E-state index contributed by atoms with van der Waals surface area (Å²) in [7, 11) is 0. The molecule has 0 aliphatic carbocycles. The second-order valence-corrected chi connectivity index (χ2v) is 9.38. The lowest BCUT2D eigenvalue weighted by molar-refractivity contribution is 0.262. The molecule has 1 aliphatic rings. The zero-order valence-electron chi connectivity index (χ0n) is 12.8. The van der Waals surface area contributed by atoms with E-state index < -0.39 is 0 Å². The molecule has 2 atom stereocenters. The Labute approximate surface area is 175 Å². The fourth-order valence-electron chi connectivity index (χ4n) is 2.62. The molecule has 2 nitrogen and oxygen atoms in total. The molecular weight excluding hydrogens is 568 g/mol. The number of ether oxygens (including phenoxy) is 2. The summed E-state index contributed by atoms with van der Waals surface area (Å²) in [5.41, 5.74) is 2.22. The molecule has 128 valence electrons. The lowest BCUT2D eigenvalue weighted by Gasteiger charge is -2.24. The van der Waals surface area contributed by atoms with Crippen LogP contribution in [0.3, 0.4) is 0 Å². The molecule has 0 amide bonds. The smallest absolute Gasteiger partial charge is 0.123 e. The van der Waals surface area contributed by atoms with Gasteiger partial charge in [0.25, 0.3) is 0 Å². The van der Waals surface area contributed by atoms with Gasteiger partial charge in [0.05, 0.1) is 22.9 Å². The quantitative estimate of drug-likeness (QED) is 0.302. The topological polar surface area (TPSA) is 18.5 Å². The van der Waals surface area contributed by atoms with Crippen LogP contribution in [0, 0.1) is 0 Å². The van der Waals surface area contributed by atoms with Gasteiger partial charge < -0.3 is 9.47 Å². The predicted octanol–water partition coefficient (Wildman–Crippen LogP) is 7.34. The molecular formula is C18H16Br4O2. The minimum Gasteiger partial charge on any atom is -0.493 e. The lowest BCUT2D eigenvalue weighted by atomic mass is 10.0. The Kier molecular flexibility index (Phi) is 6.69. The second-order valence-electron chi connectivity index (χ2n) is 5.57. The Morgan fingerprint density at radius 1 is 0.708 bits per heavy atom. The van der Waals surface area contributed by atoms with Crippen molar-refractivity contribution >= 4 is 63.7 Å². The first kappa shape index (κ1) is 18.7. The maximum absolute atomic E-state index is 6.01. The third-order valence-corrected chi connectivity index (χ3v) is 7.59. The number of rotatable bonds is 0. The number of alkyl halides is 2. The van der Waals surface area contributed by atoms with Crippen LogP contribution in [0.15, 0.2) is 45.3 Å². The largest absolute Gasteiger partial charge is 0.493 e. The highest BCUT2D eigenvalue weighted by Gasteiger charge is 2.26. The van der Waals surface area contributed by atoms with Crippen LogP contribution in [0.25, 0.3) is 0 Å². The van der Waals surface area contributed by atoms with Gasteiger partial charge in [-0.2, -0.15) is 0 Å². The Hall–Kier alpha value is -0.0400. The van der Waals surface area contributed by atoms with E-state index in [0.29, 0.717) is 13.2 Å². The molecule has 6 heteroatoms.